The molecule has 1 rings (SSSR count). The van der Waals surface area contributed by atoms with E-state index in [-0.39, 0.29) is 11.4 Å². The first-order chi connectivity index (χ1) is 9.25. The fraction of sp³-hybridized carbons (Fsp3) is 0.471. The Morgan fingerprint density at radius 1 is 1.30 bits per heavy atom. The van der Waals surface area contributed by atoms with Crippen molar-refractivity contribution >= 4 is 5.97 Å². The number of carbonyl (C=O) groups excluding carboxylic acids is 1. The van der Waals surface area contributed by atoms with E-state index in [9.17, 15) is 4.79 Å². The molecule has 0 unspecified atom stereocenters. The van der Waals surface area contributed by atoms with Gasteiger partial charge in [0.25, 0.3) is 0 Å². The van der Waals surface area contributed by atoms with Gasteiger partial charge in [0.2, 0.25) is 0 Å². The van der Waals surface area contributed by atoms with Gasteiger partial charge in [-0.05, 0) is 42.5 Å². The number of aryl methyl sites for hydroxylation is 1. The van der Waals surface area contributed by atoms with Crippen LogP contribution >= 0.6 is 0 Å². The Morgan fingerprint density at radius 3 is 2.45 bits per heavy atom. The van der Waals surface area contributed by atoms with Crippen molar-refractivity contribution in [1.82, 2.24) is 0 Å². The summed E-state index contributed by atoms with van der Waals surface area (Å²) in [5.41, 5.74) is 3.06. The van der Waals surface area contributed by atoms with Gasteiger partial charge >= 0.3 is 5.97 Å². The van der Waals surface area contributed by atoms with Gasteiger partial charge in [-0.15, -0.1) is 0 Å². The Labute approximate surface area is 121 Å². The molecule has 3 heteroatoms. The van der Waals surface area contributed by atoms with Crippen LogP contribution in [0.5, 0.6) is 5.75 Å². The Morgan fingerprint density at radius 2 is 1.95 bits per heavy atom. The maximum Gasteiger partial charge on any atom is 0.333 e. The highest BCUT2D eigenvalue weighted by molar-refractivity contribution is 5.87. The molecule has 0 saturated heterocycles. The predicted octanol–water partition coefficient (Wildman–Crippen LogP) is 3.79. The molecule has 0 bridgehead atoms. The van der Waals surface area contributed by atoms with Gasteiger partial charge in [-0.3, -0.25) is 0 Å². The van der Waals surface area contributed by atoms with Crippen LogP contribution in [0.1, 0.15) is 38.8 Å². The molecule has 0 N–H and O–H groups in total. The number of rotatable bonds is 4. The Balaban J connectivity index is 2.73. The zero-order chi connectivity index (χ0) is 15.3. The van der Waals surface area contributed by atoms with Gasteiger partial charge in [0.05, 0.1) is 7.11 Å². The van der Waals surface area contributed by atoms with Crippen LogP contribution in [0.25, 0.3) is 0 Å². The number of esters is 1. The second kappa shape index (κ2) is 6.60. The smallest absolute Gasteiger partial charge is 0.333 e. The molecule has 1 aromatic rings. The topological polar surface area (TPSA) is 35.5 Å². The molecule has 0 spiro atoms. The predicted molar refractivity (Wildman–Crippen MR) is 81.1 cm³/mol. The highest BCUT2D eigenvalue weighted by Gasteiger charge is 2.14. The van der Waals surface area contributed by atoms with Crippen molar-refractivity contribution in [2.45, 2.75) is 40.0 Å². The number of hydrogen-bond donors (Lipinski definition) is 0. The van der Waals surface area contributed by atoms with E-state index in [0.29, 0.717) is 12.2 Å². The van der Waals surface area contributed by atoms with E-state index >= 15 is 0 Å². The average molecular weight is 276 g/mol. The zero-order valence-electron chi connectivity index (χ0n) is 13.2. The Bertz CT molecular complexity index is 507. The molecule has 0 aliphatic carbocycles. The van der Waals surface area contributed by atoms with E-state index in [1.807, 2.05) is 13.0 Å². The van der Waals surface area contributed by atoms with Crippen molar-refractivity contribution in [3.63, 3.8) is 0 Å². The third-order valence-corrected chi connectivity index (χ3v) is 3.18. The first-order valence-corrected chi connectivity index (χ1v) is 6.74. The van der Waals surface area contributed by atoms with Crippen LogP contribution in [0.4, 0.5) is 0 Å². The largest absolute Gasteiger partial charge is 0.489 e. The molecular weight excluding hydrogens is 252 g/mol. The van der Waals surface area contributed by atoms with Crippen LogP contribution in [0.15, 0.2) is 29.8 Å². The van der Waals surface area contributed by atoms with Crippen LogP contribution in [-0.2, 0) is 14.9 Å². The van der Waals surface area contributed by atoms with Crippen LogP contribution < -0.4 is 4.74 Å². The molecule has 0 amide bonds. The Kier molecular flexibility index (Phi) is 5.37. The zero-order valence-corrected chi connectivity index (χ0v) is 13.2. The molecular formula is C17H24O3. The molecule has 20 heavy (non-hydrogen) atoms. The van der Waals surface area contributed by atoms with Crippen LogP contribution in [0.2, 0.25) is 0 Å². The quantitative estimate of drug-likeness (QED) is 0.620. The lowest BCUT2D eigenvalue weighted by molar-refractivity contribution is -0.136. The average Bonchev–Trinajstić information content (AvgIpc) is 2.38. The highest BCUT2D eigenvalue weighted by Crippen LogP contribution is 2.27. The lowest BCUT2D eigenvalue weighted by Crippen LogP contribution is -2.11. The second-order valence-corrected chi connectivity index (χ2v) is 5.92. The second-order valence-electron chi connectivity index (χ2n) is 5.92. The summed E-state index contributed by atoms with van der Waals surface area (Å²) in [6.45, 7) is 10.7. The summed E-state index contributed by atoms with van der Waals surface area (Å²) in [5.74, 6) is 0.514. The molecule has 3 nitrogen and oxygen atoms in total. The van der Waals surface area contributed by atoms with E-state index in [1.54, 1.807) is 13.0 Å². The number of hydrogen-bond acceptors (Lipinski definition) is 3. The summed E-state index contributed by atoms with van der Waals surface area (Å²) < 4.78 is 10.3. The van der Waals surface area contributed by atoms with Crippen molar-refractivity contribution in [3.8, 4) is 5.75 Å². The normalized spacial score (nSPS) is 12.2. The maximum absolute atomic E-state index is 11.2. The van der Waals surface area contributed by atoms with Crippen LogP contribution in [0.3, 0.4) is 0 Å². The minimum Gasteiger partial charge on any atom is -0.489 e. The number of carbonyl (C=O) groups is 1. The summed E-state index contributed by atoms with van der Waals surface area (Å²) in [7, 11) is 1.37. The third kappa shape index (κ3) is 4.41. The molecule has 0 aromatic heterocycles. The highest BCUT2D eigenvalue weighted by atomic mass is 16.5. The summed E-state index contributed by atoms with van der Waals surface area (Å²) in [4.78, 5) is 11.2. The summed E-state index contributed by atoms with van der Waals surface area (Å²) >= 11 is 0. The molecule has 0 heterocycles. The standard InChI is InChI=1S/C17H24O3/c1-12(16(18)19-6)9-10-20-15-8-7-14(11-13(15)2)17(3,4)5/h7-9,11H,10H2,1-6H3. The molecule has 0 fully saturated rings. The Hall–Kier alpha value is -1.77. The molecule has 0 aliphatic heterocycles. The van der Waals surface area contributed by atoms with Gasteiger partial charge in [0, 0.05) is 5.57 Å². The third-order valence-electron chi connectivity index (χ3n) is 3.18. The molecule has 0 aliphatic rings. The summed E-state index contributed by atoms with van der Waals surface area (Å²) in [6, 6.07) is 6.21. The monoisotopic (exact) mass is 276 g/mol. The van der Waals surface area contributed by atoms with Crippen molar-refractivity contribution < 1.29 is 14.3 Å². The van der Waals surface area contributed by atoms with Gasteiger partial charge in [0.1, 0.15) is 12.4 Å². The van der Waals surface area contributed by atoms with Gasteiger partial charge in [-0.25, -0.2) is 4.79 Å². The lowest BCUT2D eigenvalue weighted by atomic mass is 9.86. The molecule has 0 atom stereocenters. The fourth-order valence-electron chi connectivity index (χ4n) is 1.78. The van der Waals surface area contributed by atoms with E-state index in [1.165, 1.54) is 12.7 Å². The number of benzene rings is 1. The molecule has 110 valence electrons. The molecule has 0 radical (unpaired) electrons. The van der Waals surface area contributed by atoms with Crippen molar-refractivity contribution in [2.24, 2.45) is 0 Å². The minimum atomic E-state index is -0.326. The molecule has 1 aromatic carbocycles. The van der Waals surface area contributed by atoms with Crippen molar-refractivity contribution in [3.05, 3.63) is 41.0 Å². The summed E-state index contributed by atoms with van der Waals surface area (Å²) in [5, 5.41) is 0. The van der Waals surface area contributed by atoms with E-state index < -0.39 is 0 Å². The van der Waals surface area contributed by atoms with E-state index in [4.69, 9.17) is 4.74 Å². The van der Waals surface area contributed by atoms with Gasteiger partial charge in [-0.1, -0.05) is 32.9 Å². The summed E-state index contributed by atoms with van der Waals surface area (Å²) in [6.07, 6.45) is 1.73. The van der Waals surface area contributed by atoms with Crippen LogP contribution in [0, 0.1) is 6.92 Å². The first-order valence-electron chi connectivity index (χ1n) is 6.74. The molecule has 0 saturated carbocycles. The van der Waals surface area contributed by atoms with Crippen molar-refractivity contribution in [1.29, 1.82) is 0 Å². The van der Waals surface area contributed by atoms with Gasteiger partial charge in [-0.2, -0.15) is 0 Å². The van der Waals surface area contributed by atoms with E-state index in [0.717, 1.165) is 11.3 Å². The lowest BCUT2D eigenvalue weighted by Gasteiger charge is -2.20. The fourth-order valence-corrected chi connectivity index (χ4v) is 1.78. The van der Waals surface area contributed by atoms with Gasteiger partial charge < -0.3 is 9.47 Å². The number of ether oxygens (including phenoxy) is 2. The first kappa shape index (κ1) is 16.3. The van der Waals surface area contributed by atoms with Gasteiger partial charge in [0.15, 0.2) is 0 Å². The minimum absolute atomic E-state index is 0.130. The van der Waals surface area contributed by atoms with Crippen LogP contribution in [-0.4, -0.2) is 19.7 Å². The van der Waals surface area contributed by atoms with E-state index in [2.05, 4.69) is 37.6 Å². The van der Waals surface area contributed by atoms with Crippen molar-refractivity contribution in [2.75, 3.05) is 13.7 Å². The number of methoxy groups -OCH3 is 1. The maximum atomic E-state index is 11.2. The SMILES string of the molecule is COC(=O)C(C)=CCOc1ccc(C(C)(C)C)cc1C.